The molecule has 2 aliphatic carbocycles. The second kappa shape index (κ2) is 9.34. The molecule has 1 heterocycles. The van der Waals surface area contributed by atoms with Crippen LogP contribution in [-0.2, 0) is 14.6 Å². The van der Waals surface area contributed by atoms with Crippen molar-refractivity contribution in [3.05, 3.63) is 0 Å². The van der Waals surface area contributed by atoms with Gasteiger partial charge in [0.2, 0.25) is 0 Å². The van der Waals surface area contributed by atoms with Crippen molar-refractivity contribution >= 4 is 9.84 Å². The molecule has 0 amide bonds. The minimum absolute atomic E-state index is 0.0526. The van der Waals surface area contributed by atoms with Gasteiger partial charge in [-0.1, -0.05) is 58.8 Å². The van der Waals surface area contributed by atoms with Crippen molar-refractivity contribution < 1.29 is 18.3 Å². The van der Waals surface area contributed by atoms with Gasteiger partial charge in [0, 0.05) is 12.5 Å². The largest absolute Gasteiger partial charge is 0.392 e. The molecular weight excluding hydrogens is 372 g/mol. The highest BCUT2D eigenvalue weighted by Crippen LogP contribution is 2.53. The molecule has 0 aromatic heterocycles. The standard InChI is InChI=1S/C23H42O4S/c1-4-6-14-23(5-2)16-28(25,26)20-13-12-18(27-3)15-19(20)21(22(23)24)17-10-8-7-9-11-17/h17-22,24H,4-16H2,1-3H3/t18?,19?,20?,21-,22-,23+/m0/s1. The van der Waals surface area contributed by atoms with Gasteiger partial charge in [0.25, 0.3) is 0 Å². The number of unbranched alkanes of at least 4 members (excludes halogenated alkanes) is 1. The van der Waals surface area contributed by atoms with Gasteiger partial charge in [-0.3, -0.25) is 0 Å². The Balaban J connectivity index is 2.04. The Morgan fingerprint density at radius 2 is 1.79 bits per heavy atom. The second-order valence-corrected chi connectivity index (χ2v) is 12.1. The lowest BCUT2D eigenvalue weighted by molar-refractivity contribution is -0.0751. The third-order valence-electron chi connectivity index (χ3n) is 8.48. The Kier molecular flexibility index (Phi) is 7.53. The fourth-order valence-electron chi connectivity index (χ4n) is 6.80. The van der Waals surface area contributed by atoms with E-state index in [0.29, 0.717) is 12.3 Å². The Morgan fingerprint density at radius 3 is 2.39 bits per heavy atom. The third-order valence-corrected chi connectivity index (χ3v) is 11.0. The van der Waals surface area contributed by atoms with Gasteiger partial charge in [0.1, 0.15) is 0 Å². The molecule has 1 saturated heterocycles. The highest BCUT2D eigenvalue weighted by atomic mass is 32.2. The fourth-order valence-corrected chi connectivity index (χ4v) is 9.66. The maximum absolute atomic E-state index is 13.6. The lowest BCUT2D eigenvalue weighted by Crippen LogP contribution is -2.48. The van der Waals surface area contributed by atoms with Crippen LogP contribution in [0.25, 0.3) is 0 Å². The molecule has 0 bridgehead atoms. The van der Waals surface area contributed by atoms with Crippen molar-refractivity contribution in [2.75, 3.05) is 12.9 Å². The molecule has 0 radical (unpaired) electrons. The van der Waals surface area contributed by atoms with Crippen LogP contribution in [0.4, 0.5) is 0 Å². The van der Waals surface area contributed by atoms with Gasteiger partial charge >= 0.3 is 0 Å². The zero-order valence-electron chi connectivity index (χ0n) is 18.2. The van der Waals surface area contributed by atoms with Gasteiger partial charge in [-0.25, -0.2) is 8.42 Å². The molecule has 5 heteroatoms. The summed E-state index contributed by atoms with van der Waals surface area (Å²) in [7, 11) is -1.47. The van der Waals surface area contributed by atoms with E-state index in [0.717, 1.165) is 51.4 Å². The Hall–Kier alpha value is -0.130. The van der Waals surface area contributed by atoms with Gasteiger partial charge < -0.3 is 9.84 Å². The molecule has 0 aromatic carbocycles. The van der Waals surface area contributed by atoms with Crippen LogP contribution in [0.1, 0.15) is 90.9 Å². The van der Waals surface area contributed by atoms with E-state index >= 15 is 0 Å². The predicted octanol–water partition coefficient (Wildman–Crippen LogP) is 4.74. The van der Waals surface area contributed by atoms with E-state index in [4.69, 9.17) is 4.74 Å². The average Bonchev–Trinajstić information content (AvgIpc) is 2.78. The summed E-state index contributed by atoms with van der Waals surface area (Å²) < 4.78 is 32.9. The molecule has 0 aromatic rings. The van der Waals surface area contributed by atoms with E-state index < -0.39 is 21.4 Å². The highest BCUT2D eigenvalue weighted by molar-refractivity contribution is 7.92. The van der Waals surface area contributed by atoms with Crippen LogP contribution in [0, 0.1) is 23.2 Å². The number of aliphatic hydroxyl groups excluding tert-OH is 1. The van der Waals surface area contributed by atoms with E-state index in [2.05, 4.69) is 13.8 Å². The van der Waals surface area contributed by atoms with Crippen LogP contribution in [0.5, 0.6) is 0 Å². The van der Waals surface area contributed by atoms with Crippen molar-refractivity contribution in [3.8, 4) is 0 Å². The van der Waals surface area contributed by atoms with Gasteiger partial charge in [-0.15, -0.1) is 0 Å². The van der Waals surface area contributed by atoms with Gasteiger partial charge in [0.15, 0.2) is 9.84 Å². The zero-order chi connectivity index (χ0) is 20.4. The summed E-state index contributed by atoms with van der Waals surface area (Å²) in [4.78, 5) is 0. The predicted molar refractivity (Wildman–Crippen MR) is 114 cm³/mol. The molecule has 2 saturated carbocycles. The molecule has 3 fully saturated rings. The van der Waals surface area contributed by atoms with Crippen molar-refractivity contribution in [2.24, 2.45) is 23.2 Å². The summed E-state index contributed by atoms with van der Waals surface area (Å²) in [6.07, 6.45) is 11.6. The number of methoxy groups -OCH3 is 1. The summed E-state index contributed by atoms with van der Waals surface area (Å²) in [5.41, 5.74) is -0.475. The summed E-state index contributed by atoms with van der Waals surface area (Å²) in [5, 5.41) is 11.6. The number of fused-ring (bicyclic) bond motifs is 1. The van der Waals surface area contributed by atoms with Gasteiger partial charge in [-0.2, -0.15) is 0 Å². The van der Waals surface area contributed by atoms with Crippen LogP contribution in [0.2, 0.25) is 0 Å². The van der Waals surface area contributed by atoms with E-state index in [1.54, 1.807) is 7.11 Å². The fraction of sp³-hybridized carbons (Fsp3) is 1.00. The molecule has 3 unspecified atom stereocenters. The lowest BCUT2D eigenvalue weighted by Gasteiger charge is -2.46. The highest BCUT2D eigenvalue weighted by Gasteiger charge is 2.56. The Bertz CT molecular complexity index is 598. The van der Waals surface area contributed by atoms with Crippen LogP contribution in [-0.4, -0.2) is 43.8 Å². The molecule has 1 N–H and O–H groups in total. The molecule has 4 nitrogen and oxygen atoms in total. The third kappa shape index (κ3) is 4.32. The maximum Gasteiger partial charge on any atom is 0.154 e. The van der Waals surface area contributed by atoms with Crippen LogP contribution >= 0.6 is 0 Å². The molecule has 3 aliphatic rings. The number of hydrogen-bond donors (Lipinski definition) is 1. The topological polar surface area (TPSA) is 63.6 Å². The smallest absolute Gasteiger partial charge is 0.154 e. The van der Waals surface area contributed by atoms with E-state index in [1.165, 1.54) is 19.3 Å². The zero-order valence-corrected chi connectivity index (χ0v) is 19.1. The van der Waals surface area contributed by atoms with Crippen molar-refractivity contribution in [3.63, 3.8) is 0 Å². The maximum atomic E-state index is 13.6. The monoisotopic (exact) mass is 414 g/mol. The first-order valence-electron chi connectivity index (χ1n) is 11.8. The van der Waals surface area contributed by atoms with Crippen LogP contribution in [0.15, 0.2) is 0 Å². The molecular formula is C23H42O4S. The minimum atomic E-state index is -3.22. The summed E-state index contributed by atoms with van der Waals surface area (Å²) in [5.74, 6) is 0.807. The Labute approximate surface area is 172 Å². The molecule has 28 heavy (non-hydrogen) atoms. The van der Waals surface area contributed by atoms with Crippen molar-refractivity contribution in [2.45, 2.75) is 108 Å². The SMILES string of the molecule is CCCC[C@]1(CC)CS(=O)(=O)C2CCC(OC)CC2[C@H](C2CCCCC2)[C@@H]1O. The molecule has 164 valence electrons. The van der Waals surface area contributed by atoms with Crippen LogP contribution < -0.4 is 0 Å². The second-order valence-electron chi connectivity index (χ2n) is 9.92. The van der Waals surface area contributed by atoms with E-state index in [9.17, 15) is 13.5 Å². The van der Waals surface area contributed by atoms with Gasteiger partial charge in [0.05, 0.1) is 23.2 Å². The van der Waals surface area contributed by atoms with Crippen molar-refractivity contribution in [1.29, 1.82) is 0 Å². The number of hydrogen-bond acceptors (Lipinski definition) is 4. The number of aliphatic hydroxyl groups is 1. The summed E-state index contributed by atoms with van der Waals surface area (Å²) in [6, 6.07) is 0. The summed E-state index contributed by atoms with van der Waals surface area (Å²) in [6.45, 7) is 4.25. The first-order valence-corrected chi connectivity index (χ1v) is 13.5. The number of sulfone groups is 1. The van der Waals surface area contributed by atoms with Crippen molar-refractivity contribution in [1.82, 2.24) is 0 Å². The Morgan fingerprint density at radius 1 is 1.07 bits per heavy atom. The average molecular weight is 415 g/mol. The molecule has 3 rings (SSSR count). The summed E-state index contributed by atoms with van der Waals surface area (Å²) >= 11 is 0. The number of rotatable bonds is 6. The molecule has 6 atom stereocenters. The normalized spacial score (nSPS) is 41.9. The van der Waals surface area contributed by atoms with E-state index in [1.807, 2.05) is 0 Å². The van der Waals surface area contributed by atoms with E-state index in [-0.39, 0.29) is 28.9 Å². The minimum Gasteiger partial charge on any atom is -0.392 e. The molecule has 0 spiro atoms. The first-order chi connectivity index (χ1) is 13.4. The molecule has 1 aliphatic heterocycles. The quantitative estimate of drug-likeness (QED) is 0.682. The van der Waals surface area contributed by atoms with Gasteiger partial charge in [-0.05, 0) is 49.9 Å². The lowest BCUT2D eigenvalue weighted by atomic mass is 9.61. The first kappa shape index (κ1) is 22.6. The number of ether oxygens (including phenoxy) is 1. The van der Waals surface area contributed by atoms with Crippen LogP contribution in [0.3, 0.4) is 0 Å².